The van der Waals surface area contributed by atoms with E-state index >= 15 is 0 Å². The van der Waals surface area contributed by atoms with E-state index in [2.05, 4.69) is 26.8 Å². The Labute approximate surface area is 182 Å². The minimum Gasteiger partial charge on any atom is -0.393 e. The summed E-state index contributed by atoms with van der Waals surface area (Å²) >= 11 is 0. The van der Waals surface area contributed by atoms with Gasteiger partial charge in [0.2, 0.25) is 5.91 Å². The lowest BCUT2D eigenvalue weighted by Gasteiger charge is -2.61. The third-order valence-electron chi connectivity index (χ3n) is 10.3. The fraction of sp³-hybridized carbons (Fsp3) is 0.846. The molecule has 0 aromatic rings. The molecular weight excluding hydrogens is 374 g/mol. The van der Waals surface area contributed by atoms with Crippen LogP contribution in [-0.4, -0.2) is 22.9 Å². The van der Waals surface area contributed by atoms with Crippen molar-refractivity contribution in [2.24, 2.45) is 52.1 Å². The van der Waals surface area contributed by atoms with Crippen LogP contribution in [0.15, 0.2) is 11.6 Å². The molecule has 30 heavy (non-hydrogen) atoms. The van der Waals surface area contributed by atoms with Crippen LogP contribution in [0.3, 0.4) is 0 Å². The standard InChI is InChI=1S/C26H41NO3/c1-5-17-21-14-16(28)10-12-26(21,4)20-11-13-25(3)18(15(2)6-9-22(27)29)7-8-19(25)23(20)24(17)30/h5,15-16,18-21,23,28H,6-14H2,1-4H3,(H2,27,29)/b17-5+/t15-,16-,18?,19?,20?,21+,23?,25-,26-/m1/s1. The van der Waals surface area contributed by atoms with Gasteiger partial charge in [-0.05, 0) is 104 Å². The zero-order valence-electron chi connectivity index (χ0n) is 19.3. The monoisotopic (exact) mass is 415 g/mol. The number of amides is 1. The van der Waals surface area contributed by atoms with Crippen molar-refractivity contribution in [2.45, 2.75) is 91.6 Å². The molecule has 1 amide bonds. The number of ketones is 1. The normalized spacial score (nSPS) is 48.0. The van der Waals surface area contributed by atoms with Crippen molar-refractivity contribution in [3.05, 3.63) is 11.6 Å². The molecule has 4 unspecified atom stereocenters. The minimum atomic E-state index is -0.266. The summed E-state index contributed by atoms with van der Waals surface area (Å²) in [5, 5.41) is 10.4. The first-order chi connectivity index (χ1) is 14.1. The van der Waals surface area contributed by atoms with Gasteiger partial charge in [0.1, 0.15) is 0 Å². The Morgan fingerprint density at radius 3 is 2.50 bits per heavy atom. The van der Waals surface area contributed by atoms with Crippen LogP contribution in [0.1, 0.15) is 85.5 Å². The number of allylic oxidation sites excluding steroid dienone is 2. The van der Waals surface area contributed by atoms with E-state index in [9.17, 15) is 14.7 Å². The number of aliphatic hydroxyl groups excluding tert-OH is 1. The van der Waals surface area contributed by atoms with Gasteiger partial charge in [0.15, 0.2) is 5.78 Å². The van der Waals surface area contributed by atoms with Crippen LogP contribution in [-0.2, 0) is 9.59 Å². The molecule has 0 aromatic heterocycles. The second-order valence-electron chi connectivity index (χ2n) is 11.5. The Bertz CT molecular complexity index is 745. The van der Waals surface area contributed by atoms with Gasteiger partial charge < -0.3 is 10.8 Å². The van der Waals surface area contributed by atoms with E-state index in [-0.39, 0.29) is 34.7 Å². The van der Waals surface area contributed by atoms with Gasteiger partial charge in [-0.2, -0.15) is 0 Å². The number of hydrogen-bond donors (Lipinski definition) is 2. The van der Waals surface area contributed by atoms with E-state index in [1.54, 1.807) is 0 Å². The van der Waals surface area contributed by atoms with Crippen LogP contribution in [0.5, 0.6) is 0 Å². The topological polar surface area (TPSA) is 80.4 Å². The highest BCUT2D eigenvalue weighted by Crippen LogP contribution is 2.68. The molecule has 0 saturated heterocycles. The largest absolute Gasteiger partial charge is 0.393 e. The van der Waals surface area contributed by atoms with Crippen LogP contribution < -0.4 is 5.73 Å². The first-order valence-corrected chi connectivity index (χ1v) is 12.3. The first-order valence-electron chi connectivity index (χ1n) is 12.3. The molecular formula is C26H41NO3. The van der Waals surface area contributed by atoms with Crippen molar-refractivity contribution in [1.82, 2.24) is 0 Å². The van der Waals surface area contributed by atoms with E-state index in [1.165, 1.54) is 12.8 Å². The summed E-state index contributed by atoms with van der Waals surface area (Å²) in [7, 11) is 0. The Morgan fingerprint density at radius 1 is 1.17 bits per heavy atom. The number of hydrogen-bond acceptors (Lipinski definition) is 3. The third kappa shape index (κ3) is 3.20. The zero-order chi connectivity index (χ0) is 21.8. The lowest BCUT2D eigenvalue weighted by Crippen LogP contribution is -2.58. The zero-order valence-corrected chi connectivity index (χ0v) is 19.3. The van der Waals surface area contributed by atoms with Crippen molar-refractivity contribution in [2.75, 3.05) is 0 Å². The highest BCUT2D eigenvalue weighted by atomic mass is 16.3. The molecule has 0 aliphatic heterocycles. The van der Waals surface area contributed by atoms with Crippen LogP contribution in [0.25, 0.3) is 0 Å². The van der Waals surface area contributed by atoms with Gasteiger partial charge >= 0.3 is 0 Å². The van der Waals surface area contributed by atoms with Gasteiger partial charge in [-0.25, -0.2) is 0 Å². The number of primary amides is 1. The molecule has 0 radical (unpaired) electrons. The summed E-state index contributed by atoms with van der Waals surface area (Å²) in [6.07, 6.45) is 10.4. The Balaban J connectivity index is 1.64. The van der Waals surface area contributed by atoms with Gasteiger partial charge in [-0.3, -0.25) is 9.59 Å². The summed E-state index contributed by atoms with van der Waals surface area (Å²) in [5.41, 5.74) is 6.75. The molecule has 0 spiro atoms. The SMILES string of the molecule is C/C=C1/C(=O)C2C3CCC([C@H](C)CCC(N)=O)[C@@]3(C)CCC2[C@@]2(C)CC[C@@H](O)C[C@@H]12. The maximum Gasteiger partial charge on any atom is 0.217 e. The minimum absolute atomic E-state index is 0.136. The molecule has 4 aliphatic rings. The number of carbonyl (C=O) groups is 2. The second-order valence-corrected chi connectivity index (χ2v) is 11.5. The van der Waals surface area contributed by atoms with E-state index in [0.717, 1.165) is 44.1 Å². The van der Waals surface area contributed by atoms with Gasteiger partial charge in [0.25, 0.3) is 0 Å². The van der Waals surface area contributed by atoms with Gasteiger partial charge in [0, 0.05) is 12.3 Å². The van der Waals surface area contributed by atoms with Crippen molar-refractivity contribution >= 4 is 11.7 Å². The van der Waals surface area contributed by atoms with Crippen LogP contribution in [0, 0.1) is 46.3 Å². The number of aliphatic hydroxyl groups is 1. The Kier molecular flexibility index (Phi) is 5.70. The van der Waals surface area contributed by atoms with E-state index < -0.39 is 0 Å². The third-order valence-corrected chi connectivity index (χ3v) is 10.3. The molecule has 0 bridgehead atoms. The molecule has 0 heterocycles. The summed E-state index contributed by atoms with van der Waals surface area (Å²) in [5.74, 6) is 2.48. The van der Waals surface area contributed by atoms with Crippen LogP contribution in [0.4, 0.5) is 0 Å². The molecule has 4 fully saturated rings. The highest BCUT2D eigenvalue weighted by molar-refractivity contribution is 5.99. The number of Topliss-reactive ketones (excluding diaryl/α,β-unsaturated/α-hetero) is 1. The summed E-state index contributed by atoms with van der Waals surface area (Å²) in [6, 6.07) is 0. The molecule has 0 aromatic carbocycles. The fourth-order valence-corrected chi connectivity index (χ4v) is 8.74. The summed E-state index contributed by atoms with van der Waals surface area (Å²) in [6.45, 7) is 9.16. The van der Waals surface area contributed by atoms with Gasteiger partial charge in [-0.1, -0.05) is 26.8 Å². The molecule has 4 nitrogen and oxygen atoms in total. The number of rotatable bonds is 4. The first kappa shape index (κ1) is 22.0. The molecule has 3 N–H and O–H groups in total. The second kappa shape index (κ2) is 7.76. The molecule has 9 atom stereocenters. The van der Waals surface area contributed by atoms with Crippen molar-refractivity contribution in [1.29, 1.82) is 0 Å². The molecule has 4 aliphatic carbocycles. The lowest BCUT2D eigenvalue weighted by atomic mass is 9.43. The van der Waals surface area contributed by atoms with Crippen molar-refractivity contribution < 1.29 is 14.7 Å². The number of carbonyl (C=O) groups excluding carboxylic acids is 2. The maximum absolute atomic E-state index is 13.9. The molecule has 4 heteroatoms. The number of fused-ring (bicyclic) bond motifs is 5. The Hall–Kier alpha value is -1.16. The molecule has 4 saturated carbocycles. The predicted molar refractivity (Wildman–Crippen MR) is 118 cm³/mol. The predicted octanol–water partition coefficient (Wildman–Crippen LogP) is 4.64. The van der Waals surface area contributed by atoms with Gasteiger partial charge in [0.05, 0.1) is 6.10 Å². The molecule has 168 valence electrons. The maximum atomic E-state index is 13.9. The van der Waals surface area contributed by atoms with Crippen LogP contribution >= 0.6 is 0 Å². The van der Waals surface area contributed by atoms with Crippen molar-refractivity contribution in [3.63, 3.8) is 0 Å². The van der Waals surface area contributed by atoms with Gasteiger partial charge in [-0.15, -0.1) is 0 Å². The van der Waals surface area contributed by atoms with E-state index in [4.69, 9.17) is 5.73 Å². The van der Waals surface area contributed by atoms with Crippen LogP contribution in [0.2, 0.25) is 0 Å². The van der Waals surface area contributed by atoms with Crippen molar-refractivity contribution in [3.8, 4) is 0 Å². The average Bonchev–Trinajstić information content (AvgIpc) is 3.05. The smallest absolute Gasteiger partial charge is 0.217 e. The van der Waals surface area contributed by atoms with E-state index in [0.29, 0.717) is 35.9 Å². The molecule has 4 rings (SSSR count). The lowest BCUT2D eigenvalue weighted by molar-refractivity contribution is -0.150. The van der Waals surface area contributed by atoms with E-state index in [1.807, 2.05) is 6.92 Å². The quantitative estimate of drug-likeness (QED) is 0.656. The fourth-order valence-electron chi connectivity index (χ4n) is 8.74. The number of nitrogens with two attached hydrogens (primary N) is 1. The summed E-state index contributed by atoms with van der Waals surface area (Å²) in [4.78, 5) is 25.2. The highest BCUT2D eigenvalue weighted by Gasteiger charge is 2.64. The Morgan fingerprint density at radius 2 is 1.83 bits per heavy atom. The average molecular weight is 416 g/mol. The summed E-state index contributed by atoms with van der Waals surface area (Å²) < 4.78 is 0.